The van der Waals surface area contributed by atoms with Gasteiger partial charge in [0.15, 0.2) is 0 Å². The van der Waals surface area contributed by atoms with Crippen LogP contribution < -0.4 is 0 Å². The number of carbonyl (C=O) groups is 2. The van der Waals surface area contributed by atoms with E-state index in [1.165, 1.54) is 14.2 Å². The van der Waals surface area contributed by atoms with E-state index in [0.717, 1.165) is 12.8 Å². The fourth-order valence-corrected chi connectivity index (χ4v) is 2.24. The molecule has 20 heavy (non-hydrogen) atoms. The highest BCUT2D eigenvalue weighted by atomic mass is 16.5. The van der Waals surface area contributed by atoms with E-state index >= 15 is 0 Å². The number of rotatable bonds is 7. The predicted molar refractivity (Wildman–Crippen MR) is 79.2 cm³/mol. The zero-order valence-electron chi connectivity index (χ0n) is 14.0. The molecule has 0 heterocycles. The quantitative estimate of drug-likeness (QED) is 0.671. The first-order valence-electron chi connectivity index (χ1n) is 7.26. The van der Waals surface area contributed by atoms with Crippen molar-refractivity contribution in [2.45, 2.75) is 60.3 Å². The molecule has 2 unspecified atom stereocenters. The second kappa shape index (κ2) is 7.65. The van der Waals surface area contributed by atoms with Crippen LogP contribution in [0.25, 0.3) is 0 Å². The maximum atomic E-state index is 12.0. The van der Waals surface area contributed by atoms with Gasteiger partial charge in [0.1, 0.15) is 0 Å². The highest BCUT2D eigenvalue weighted by Crippen LogP contribution is 2.35. The van der Waals surface area contributed by atoms with Gasteiger partial charge in [-0.2, -0.15) is 0 Å². The van der Waals surface area contributed by atoms with E-state index in [9.17, 15) is 9.59 Å². The van der Waals surface area contributed by atoms with Gasteiger partial charge in [0.2, 0.25) is 0 Å². The van der Waals surface area contributed by atoms with E-state index in [2.05, 4.69) is 20.8 Å². The first-order valence-corrected chi connectivity index (χ1v) is 7.26. The van der Waals surface area contributed by atoms with E-state index in [0.29, 0.717) is 12.8 Å². The van der Waals surface area contributed by atoms with E-state index in [4.69, 9.17) is 9.47 Å². The van der Waals surface area contributed by atoms with Gasteiger partial charge >= 0.3 is 11.9 Å². The Bertz CT molecular complexity index is 330. The molecule has 118 valence electrons. The Hall–Kier alpha value is -1.06. The van der Waals surface area contributed by atoms with Crippen molar-refractivity contribution in [2.24, 2.45) is 16.7 Å². The van der Waals surface area contributed by atoms with Gasteiger partial charge in [0.05, 0.1) is 25.6 Å². The second-order valence-corrected chi connectivity index (χ2v) is 6.93. The van der Waals surface area contributed by atoms with E-state index in [1.54, 1.807) is 0 Å². The summed E-state index contributed by atoms with van der Waals surface area (Å²) in [5.74, 6) is -0.759. The van der Waals surface area contributed by atoms with Gasteiger partial charge in [-0.15, -0.1) is 0 Å². The topological polar surface area (TPSA) is 52.6 Å². The summed E-state index contributed by atoms with van der Waals surface area (Å²) in [5.41, 5.74) is -0.481. The molecule has 0 aliphatic carbocycles. The Morgan fingerprint density at radius 2 is 1.60 bits per heavy atom. The average Bonchev–Trinajstić information content (AvgIpc) is 2.40. The Balaban J connectivity index is 4.96. The first-order chi connectivity index (χ1) is 9.09. The van der Waals surface area contributed by atoms with Gasteiger partial charge in [-0.05, 0) is 38.0 Å². The molecule has 0 aromatic heterocycles. The molecule has 2 atom stereocenters. The van der Waals surface area contributed by atoms with Crippen LogP contribution in [0.4, 0.5) is 0 Å². The number of esters is 2. The van der Waals surface area contributed by atoms with Crippen molar-refractivity contribution in [3.63, 3.8) is 0 Å². The molecular weight excluding hydrogens is 256 g/mol. The van der Waals surface area contributed by atoms with Crippen molar-refractivity contribution in [1.82, 2.24) is 0 Å². The minimum absolute atomic E-state index is 0.153. The second-order valence-electron chi connectivity index (χ2n) is 6.93. The van der Waals surface area contributed by atoms with Gasteiger partial charge in [-0.25, -0.2) is 0 Å². The van der Waals surface area contributed by atoms with E-state index < -0.39 is 5.41 Å². The summed E-state index contributed by atoms with van der Waals surface area (Å²) in [6.45, 7) is 10.2. The lowest BCUT2D eigenvalue weighted by Gasteiger charge is -2.30. The van der Waals surface area contributed by atoms with Crippen molar-refractivity contribution in [3.05, 3.63) is 0 Å². The highest BCUT2D eigenvalue weighted by molar-refractivity contribution is 5.78. The van der Waals surface area contributed by atoms with Gasteiger partial charge in [0.25, 0.3) is 0 Å². The number of methoxy groups -OCH3 is 2. The van der Waals surface area contributed by atoms with Crippen molar-refractivity contribution in [3.8, 4) is 0 Å². The molecule has 0 aliphatic rings. The fourth-order valence-electron chi connectivity index (χ4n) is 2.24. The van der Waals surface area contributed by atoms with Crippen LogP contribution in [0.3, 0.4) is 0 Å². The van der Waals surface area contributed by atoms with Crippen LogP contribution in [0, 0.1) is 16.7 Å². The lowest BCUT2D eigenvalue weighted by Crippen LogP contribution is -2.34. The standard InChI is InChI=1S/C16H30O4/c1-8-16(5,14(18)20-7)11-12(13(17)19-6)9-10-15(2,3)4/h12H,8-11H2,1-7H3. The van der Waals surface area contributed by atoms with Crippen molar-refractivity contribution < 1.29 is 19.1 Å². The molecule has 4 nitrogen and oxygen atoms in total. The Kier molecular flexibility index (Phi) is 7.25. The van der Waals surface area contributed by atoms with Crippen molar-refractivity contribution in [1.29, 1.82) is 0 Å². The third kappa shape index (κ3) is 5.93. The summed E-state index contributed by atoms with van der Waals surface area (Å²) in [7, 11) is 2.78. The molecule has 0 amide bonds. The monoisotopic (exact) mass is 286 g/mol. The fraction of sp³-hybridized carbons (Fsp3) is 0.875. The molecule has 0 radical (unpaired) electrons. The molecule has 0 aromatic rings. The van der Waals surface area contributed by atoms with Crippen LogP contribution in [-0.2, 0) is 19.1 Å². The van der Waals surface area contributed by atoms with Crippen molar-refractivity contribution >= 4 is 11.9 Å². The zero-order valence-corrected chi connectivity index (χ0v) is 14.0. The number of ether oxygens (including phenoxy) is 2. The van der Waals surface area contributed by atoms with E-state index in [1.807, 2.05) is 13.8 Å². The van der Waals surface area contributed by atoms with Gasteiger partial charge in [-0.3, -0.25) is 9.59 Å². The minimum atomic E-state index is -0.633. The SMILES string of the molecule is CCC(C)(CC(CCC(C)(C)C)C(=O)OC)C(=O)OC. The maximum Gasteiger partial charge on any atom is 0.311 e. The van der Waals surface area contributed by atoms with Gasteiger partial charge < -0.3 is 9.47 Å². The number of carbonyl (C=O) groups excluding carboxylic acids is 2. The summed E-state index contributed by atoms with van der Waals surface area (Å²) in [5, 5.41) is 0. The first kappa shape index (κ1) is 18.9. The predicted octanol–water partition coefficient (Wildman–Crippen LogP) is 3.58. The zero-order chi connectivity index (χ0) is 16.0. The molecule has 0 rings (SSSR count). The minimum Gasteiger partial charge on any atom is -0.469 e. The average molecular weight is 286 g/mol. The van der Waals surface area contributed by atoms with Gasteiger partial charge in [-0.1, -0.05) is 27.7 Å². The number of hydrogen-bond acceptors (Lipinski definition) is 4. The molecule has 0 aliphatic heterocycles. The summed E-state index contributed by atoms with van der Waals surface area (Å²) in [6, 6.07) is 0. The summed E-state index contributed by atoms with van der Waals surface area (Å²) >= 11 is 0. The van der Waals surface area contributed by atoms with Crippen LogP contribution in [0.2, 0.25) is 0 Å². The molecule has 0 bridgehead atoms. The van der Waals surface area contributed by atoms with Crippen LogP contribution >= 0.6 is 0 Å². The normalized spacial score (nSPS) is 16.1. The molecule has 4 heteroatoms. The van der Waals surface area contributed by atoms with Crippen molar-refractivity contribution in [2.75, 3.05) is 14.2 Å². The van der Waals surface area contributed by atoms with Gasteiger partial charge in [0, 0.05) is 0 Å². The highest BCUT2D eigenvalue weighted by Gasteiger charge is 2.38. The van der Waals surface area contributed by atoms with E-state index in [-0.39, 0.29) is 23.3 Å². The molecule has 0 N–H and O–H groups in total. The molecular formula is C16H30O4. The Labute approximate surface area is 123 Å². The number of hydrogen-bond donors (Lipinski definition) is 0. The summed E-state index contributed by atoms with van der Waals surface area (Å²) in [4.78, 5) is 23.9. The lowest BCUT2D eigenvalue weighted by atomic mass is 9.75. The third-order valence-corrected chi connectivity index (χ3v) is 3.93. The maximum absolute atomic E-state index is 12.0. The smallest absolute Gasteiger partial charge is 0.311 e. The summed E-state index contributed by atoms with van der Waals surface area (Å²) < 4.78 is 9.77. The summed E-state index contributed by atoms with van der Waals surface area (Å²) in [6.07, 6.45) is 2.75. The third-order valence-electron chi connectivity index (χ3n) is 3.93. The molecule has 0 aromatic carbocycles. The molecule has 0 fully saturated rings. The molecule has 0 saturated heterocycles. The largest absolute Gasteiger partial charge is 0.469 e. The van der Waals surface area contributed by atoms with Crippen LogP contribution in [0.1, 0.15) is 60.3 Å². The van der Waals surface area contributed by atoms with Crippen LogP contribution in [0.5, 0.6) is 0 Å². The lowest BCUT2D eigenvalue weighted by molar-refractivity contribution is -0.156. The Morgan fingerprint density at radius 1 is 1.05 bits per heavy atom. The molecule has 0 saturated carbocycles. The van der Waals surface area contributed by atoms with Crippen LogP contribution in [0.15, 0.2) is 0 Å². The molecule has 0 spiro atoms. The van der Waals surface area contributed by atoms with Crippen LogP contribution in [-0.4, -0.2) is 26.2 Å². The Morgan fingerprint density at radius 3 is 1.95 bits per heavy atom.